The molecule has 2 rings (SSSR count). The van der Waals surface area contributed by atoms with Gasteiger partial charge in [-0.2, -0.15) is 0 Å². The van der Waals surface area contributed by atoms with Crippen molar-refractivity contribution in [2.45, 2.75) is 39.2 Å². The summed E-state index contributed by atoms with van der Waals surface area (Å²) in [5, 5.41) is 14.1. The predicted molar refractivity (Wildman–Crippen MR) is 82.5 cm³/mol. The highest BCUT2D eigenvalue weighted by molar-refractivity contribution is 6.30. The lowest BCUT2D eigenvalue weighted by molar-refractivity contribution is 0.281. The SMILES string of the molecule is COc1cc(Cl)cc(CNCC2CCC(C)CC2)c1O. The van der Waals surface area contributed by atoms with E-state index in [-0.39, 0.29) is 5.75 Å². The van der Waals surface area contributed by atoms with Crippen LogP contribution in [-0.2, 0) is 6.54 Å². The molecule has 0 unspecified atom stereocenters. The number of hydrogen-bond acceptors (Lipinski definition) is 3. The number of benzene rings is 1. The largest absolute Gasteiger partial charge is 0.504 e. The molecule has 0 amide bonds. The first-order chi connectivity index (χ1) is 9.60. The van der Waals surface area contributed by atoms with Crippen LogP contribution < -0.4 is 10.1 Å². The molecule has 1 saturated carbocycles. The number of nitrogens with one attached hydrogen (secondary N) is 1. The molecule has 20 heavy (non-hydrogen) atoms. The number of ether oxygens (including phenoxy) is 1. The summed E-state index contributed by atoms with van der Waals surface area (Å²) < 4.78 is 5.11. The molecular formula is C16H24ClNO2. The van der Waals surface area contributed by atoms with Gasteiger partial charge in [0, 0.05) is 23.2 Å². The maximum atomic E-state index is 10.1. The Kier molecular flexibility index (Phi) is 5.55. The maximum Gasteiger partial charge on any atom is 0.162 e. The van der Waals surface area contributed by atoms with Gasteiger partial charge < -0.3 is 15.2 Å². The van der Waals surface area contributed by atoms with E-state index in [0.717, 1.165) is 23.9 Å². The molecule has 4 heteroatoms. The number of methoxy groups -OCH3 is 1. The van der Waals surface area contributed by atoms with Gasteiger partial charge in [-0.3, -0.25) is 0 Å². The lowest BCUT2D eigenvalue weighted by Gasteiger charge is -2.26. The average Bonchev–Trinajstić information content (AvgIpc) is 2.44. The van der Waals surface area contributed by atoms with E-state index in [1.54, 1.807) is 12.1 Å². The van der Waals surface area contributed by atoms with Gasteiger partial charge in [0.25, 0.3) is 0 Å². The molecule has 1 aromatic rings. The minimum atomic E-state index is 0.182. The third-order valence-corrected chi connectivity index (χ3v) is 4.44. The van der Waals surface area contributed by atoms with E-state index in [9.17, 15) is 5.11 Å². The topological polar surface area (TPSA) is 41.5 Å². The first-order valence-electron chi connectivity index (χ1n) is 7.36. The first-order valence-corrected chi connectivity index (χ1v) is 7.74. The van der Waals surface area contributed by atoms with Crippen molar-refractivity contribution in [3.8, 4) is 11.5 Å². The molecule has 3 nitrogen and oxygen atoms in total. The summed E-state index contributed by atoms with van der Waals surface area (Å²) in [6.07, 6.45) is 5.28. The average molecular weight is 298 g/mol. The molecule has 1 fully saturated rings. The summed E-state index contributed by atoms with van der Waals surface area (Å²) in [5.74, 6) is 2.25. The van der Waals surface area contributed by atoms with Crippen molar-refractivity contribution in [1.82, 2.24) is 5.32 Å². The second-order valence-corrected chi connectivity index (χ2v) is 6.31. The monoisotopic (exact) mass is 297 g/mol. The molecule has 1 aliphatic rings. The predicted octanol–water partition coefficient (Wildman–Crippen LogP) is 3.97. The number of phenolic OH excluding ortho intramolecular Hbond substituents is 1. The fraction of sp³-hybridized carbons (Fsp3) is 0.625. The van der Waals surface area contributed by atoms with E-state index >= 15 is 0 Å². The molecule has 112 valence electrons. The van der Waals surface area contributed by atoms with E-state index < -0.39 is 0 Å². The summed E-state index contributed by atoms with van der Waals surface area (Å²) in [6, 6.07) is 3.41. The number of rotatable bonds is 5. The zero-order valence-electron chi connectivity index (χ0n) is 12.3. The van der Waals surface area contributed by atoms with Gasteiger partial charge in [-0.1, -0.05) is 31.4 Å². The van der Waals surface area contributed by atoms with Gasteiger partial charge in [-0.15, -0.1) is 0 Å². The molecule has 0 aromatic heterocycles. The van der Waals surface area contributed by atoms with Crippen LogP contribution in [0.25, 0.3) is 0 Å². The molecule has 0 radical (unpaired) electrons. The minimum absolute atomic E-state index is 0.182. The van der Waals surface area contributed by atoms with Crippen molar-refractivity contribution in [2.75, 3.05) is 13.7 Å². The van der Waals surface area contributed by atoms with Gasteiger partial charge in [-0.05, 0) is 37.3 Å². The van der Waals surface area contributed by atoms with Crippen LogP contribution in [0.15, 0.2) is 12.1 Å². The smallest absolute Gasteiger partial charge is 0.162 e. The minimum Gasteiger partial charge on any atom is -0.504 e. The van der Waals surface area contributed by atoms with Gasteiger partial charge >= 0.3 is 0 Å². The van der Waals surface area contributed by atoms with Gasteiger partial charge in [0.2, 0.25) is 0 Å². The third kappa shape index (κ3) is 4.03. The fourth-order valence-electron chi connectivity index (χ4n) is 2.86. The van der Waals surface area contributed by atoms with E-state index in [0.29, 0.717) is 17.3 Å². The molecule has 0 bridgehead atoms. The Morgan fingerprint density at radius 2 is 2.00 bits per heavy atom. The highest BCUT2D eigenvalue weighted by Gasteiger charge is 2.18. The number of phenols is 1. The summed E-state index contributed by atoms with van der Waals surface area (Å²) in [7, 11) is 1.53. The standard InChI is InChI=1S/C16H24ClNO2/c1-11-3-5-12(6-4-11)9-18-10-13-7-14(17)8-15(20-2)16(13)19/h7-8,11-12,18-19H,3-6,9-10H2,1-2H3. The zero-order chi connectivity index (χ0) is 14.5. The van der Waals surface area contributed by atoms with Crippen LogP contribution in [0.5, 0.6) is 11.5 Å². The second kappa shape index (κ2) is 7.19. The quantitative estimate of drug-likeness (QED) is 0.864. The molecule has 0 aliphatic heterocycles. The first kappa shape index (κ1) is 15.5. The second-order valence-electron chi connectivity index (χ2n) is 5.87. The lowest BCUT2D eigenvalue weighted by atomic mass is 9.83. The Morgan fingerprint density at radius 3 is 2.65 bits per heavy atom. The molecule has 1 aromatic carbocycles. The number of aromatic hydroxyl groups is 1. The van der Waals surface area contributed by atoms with Crippen LogP contribution in [0.4, 0.5) is 0 Å². The van der Waals surface area contributed by atoms with Gasteiger partial charge in [0.15, 0.2) is 11.5 Å². The molecular weight excluding hydrogens is 274 g/mol. The molecule has 2 N–H and O–H groups in total. The normalized spacial score (nSPS) is 22.8. The summed E-state index contributed by atoms with van der Waals surface area (Å²) in [5.41, 5.74) is 0.790. The highest BCUT2D eigenvalue weighted by Crippen LogP contribution is 2.33. The van der Waals surface area contributed by atoms with Crippen molar-refractivity contribution in [2.24, 2.45) is 11.8 Å². The Hall–Kier alpha value is -0.930. The Balaban J connectivity index is 1.86. The Labute approximate surface area is 126 Å². The highest BCUT2D eigenvalue weighted by atomic mass is 35.5. The van der Waals surface area contributed by atoms with Crippen LogP contribution in [0.2, 0.25) is 5.02 Å². The van der Waals surface area contributed by atoms with E-state index in [1.807, 2.05) is 0 Å². The van der Waals surface area contributed by atoms with Crippen LogP contribution in [0.3, 0.4) is 0 Å². The maximum absolute atomic E-state index is 10.1. The van der Waals surface area contributed by atoms with E-state index in [4.69, 9.17) is 16.3 Å². The molecule has 0 spiro atoms. The Morgan fingerprint density at radius 1 is 1.30 bits per heavy atom. The van der Waals surface area contributed by atoms with Crippen LogP contribution in [0.1, 0.15) is 38.2 Å². The third-order valence-electron chi connectivity index (χ3n) is 4.22. The number of halogens is 1. The number of hydrogen-bond donors (Lipinski definition) is 2. The van der Waals surface area contributed by atoms with Gasteiger partial charge in [-0.25, -0.2) is 0 Å². The molecule has 0 saturated heterocycles. The van der Waals surface area contributed by atoms with Crippen molar-refractivity contribution in [3.63, 3.8) is 0 Å². The summed E-state index contributed by atoms with van der Waals surface area (Å²) in [4.78, 5) is 0. The van der Waals surface area contributed by atoms with E-state index in [2.05, 4.69) is 12.2 Å². The van der Waals surface area contributed by atoms with Gasteiger partial charge in [0.05, 0.1) is 7.11 Å². The van der Waals surface area contributed by atoms with Crippen molar-refractivity contribution in [1.29, 1.82) is 0 Å². The van der Waals surface area contributed by atoms with Crippen molar-refractivity contribution in [3.05, 3.63) is 22.7 Å². The Bertz CT molecular complexity index is 442. The van der Waals surface area contributed by atoms with Crippen LogP contribution in [-0.4, -0.2) is 18.8 Å². The molecule has 1 aliphatic carbocycles. The van der Waals surface area contributed by atoms with E-state index in [1.165, 1.54) is 32.8 Å². The lowest BCUT2D eigenvalue weighted by Crippen LogP contribution is -2.25. The zero-order valence-corrected chi connectivity index (χ0v) is 13.0. The van der Waals surface area contributed by atoms with Gasteiger partial charge in [0.1, 0.15) is 0 Å². The van der Waals surface area contributed by atoms with Crippen LogP contribution in [0, 0.1) is 11.8 Å². The fourth-order valence-corrected chi connectivity index (χ4v) is 3.09. The van der Waals surface area contributed by atoms with Crippen molar-refractivity contribution >= 4 is 11.6 Å². The summed E-state index contributed by atoms with van der Waals surface area (Å²) >= 11 is 6.03. The molecule has 0 heterocycles. The summed E-state index contributed by atoms with van der Waals surface area (Å²) in [6.45, 7) is 3.95. The van der Waals surface area contributed by atoms with Crippen molar-refractivity contribution < 1.29 is 9.84 Å². The molecule has 0 atom stereocenters. The van der Waals surface area contributed by atoms with Crippen LogP contribution >= 0.6 is 11.6 Å².